The third kappa shape index (κ3) is 9.05. The molecule has 6 aromatic heterocycles. The standard InChI is InChI=1S/C26H27N7O.C25H25N7O/c34-25(33-14-9-20(17-33)32-12-3-4-13-32)24-16-18-15-19(6-7-21(18)30-24)29-26-28-11-8-23(31-26)22-5-1-2-10-27-22;1-31-18-6-7-19(31)15-32(14-18)24(33)23-13-16-12-17(5-8-20(16)29-23)28-25-27-11-9-22(30-25)21-4-2-3-10-26-21/h1-2,5-8,10-11,15-16,20,30H,3-4,9,12-14,17H2,(H,28,29,31);2-5,8-13,18-19,29H,6-7,14-15H2,1H3,(H,27,28,30)/t;18-,19+. The molecule has 0 spiro atoms. The van der Waals surface area contributed by atoms with Gasteiger partial charge in [0.2, 0.25) is 11.9 Å². The van der Waals surface area contributed by atoms with Gasteiger partial charge in [-0.2, -0.15) is 0 Å². The molecule has 4 aliphatic heterocycles. The molecule has 4 N–H and O–H groups in total. The predicted molar refractivity (Wildman–Crippen MR) is 259 cm³/mol. The first-order valence-electron chi connectivity index (χ1n) is 23.2. The molecule has 0 aliphatic carbocycles. The molecule has 10 heterocycles. The molecule has 16 nitrogen and oxygen atoms in total. The van der Waals surface area contributed by atoms with Gasteiger partial charge in [-0.15, -0.1) is 0 Å². The van der Waals surface area contributed by atoms with E-state index in [-0.39, 0.29) is 11.8 Å². The highest BCUT2D eigenvalue weighted by Crippen LogP contribution is 2.31. The monoisotopic (exact) mass is 892 g/mol. The number of likely N-dealkylation sites (tertiary alicyclic amines) is 3. The smallest absolute Gasteiger partial charge is 0.270 e. The Morgan fingerprint density at radius 3 is 1.58 bits per heavy atom. The summed E-state index contributed by atoms with van der Waals surface area (Å²) in [5.41, 5.74) is 7.97. The number of hydrogen-bond donors (Lipinski definition) is 4. The molecule has 2 bridgehead atoms. The van der Waals surface area contributed by atoms with Gasteiger partial charge in [-0.25, -0.2) is 19.9 Å². The van der Waals surface area contributed by atoms with E-state index < -0.39 is 0 Å². The third-order valence-corrected chi connectivity index (χ3v) is 13.6. The number of fused-ring (bicyclic) bond motifs is 4. The van der Waals surface area contributed by atoms with E-state index in [1.54, 1.807) is 24.8 Å². The van der Waals surface area contributed by atoms with Crippen LogP contribution in [0, 0.1) is 0 Å². The molecule has 338 valence electrons. The van der Waals surface area contributed by atoms with Gasteiger partial charge in [-0.3, -0.25) is 29.4 Å². The normalized spacial score (nSPS) is 19.4. The van der Waals surface area contributed by atoms with E-state index in [1.807, 2.05) is 107 Å². The summed E-state index contributed by atoms with van der Waals surface area (Å²) in [5.74, 6) is 1.16. The van der Waals surface area contributed by atoms with Gasteiger partial charge in [0.15, 0.2) is 0 Å². The number of pyridine rings is 2. The highest BCUT2D eigenvalue weighted by molar-refractivity contribution is 6.00. The Labute approximate surface area is 387 Å². The van der Waals surface area contributed by atoms with Crippen molar-refractivity contribution in [3.8, 4) is 22.8 Å². The van der Waals surface area contributed by atoms with E-state index in [0.29, 0.717) is 41.4 Å². The fourth-order valence-electron chi connectivity index (χ4n) is 10.0. The topological polar surface area (TPSA) is 180 Å². The van der Waals surface area contributed by atoms with E-state index in [2.05, 4.69) is 67.4 Å². The maximum absolute atomic E-state index is 13.2. The zero-order valence-electron chi connectivity index (χ0n) is 37.3. The van der Waals surface area contributed by atoms with Gasteiger partial charge < -0.3 is 30.4 Å². The van der Waals surface area contributed by atoms with Crippen molar-refractivity contribution in [2.45, 2.75) is 50.2 Å². The Balaban J connectivity index is 0.000000148. The van der Waals surface area contributed by atoms with Crippen LogP contribution in [-0.4, -0.2) is 136 Å². The van der Waals surface area contributed by atoms with E-state index in [4.69, 9.17) is 0 Å². The molecule has 4 fully saturated rings. The fourth-order valence-corrected chi connectivity index (χ4v) is 10.0. The number of carbonyl (C=O) groups excluding carboxylic acids is 2. The molecule has 0 saturated carbocycles. The van der Waals surface area contributed by atoms with Crippen molar-refractivity contribution in [2.75, 3.05) is 56.9 Å². The lowest BCUT2D eigenvalue weighted by Gasteiger charge is -2.38. The van der Waals surface area contributed by atoms with Gasteiger partial charge in [-0.05, 0) is 137 Å². The number of piperazine rings is 1. The Morgan fingerprint density at radius 2 is 1.06 bits per heavy atom. The second kappa shape index (κ2) is 18.4. The number of anilines is 4. The van der Waals surface area contributed by atoms with Crippen LogP contribution in [0.1, 0.15) is 53.1 Å². The first-order chi connectivity index (χ1) is 32.9. The number of nitrogens with zero attached hydrogens (tertiary/aromatic N) is 10. The number of amides is 2. The van der Waals surface area contributed by atoms with Crippen molar-refractivity contribution < 1.29 is 9.59 Å². The van der Waals surface area contributed by atoms with E-state index in [0.717, 1.165) is 88.6 Å². The molecule has 3 atom stereocenters. The van der Waals surface area contributed by atoms with Crippen molar-refractivity contribution in [2.24, 2.45) is 0 Å². The molecule has 2 aromatic carbocycles. The molecule has 12 rings (SSSR count). The average Bonchev–Trinajstić information content (AvgIpc) is 4.23. The Bertz CT molecular complexity index is 3030. The molecule has 2 amide bonds. The highest BCUT2D eigenvalue weighted by Gasteiger charge is 2.39. The molecule has 4 aliphatic rings. The van der Waals surface area contributed by atoms with Crippen LogP contribution in [0.3, 0.4) is 0 Å². The molecular weight excluding hydrogens is 841 g/mol. The average molecular weight is 893 g/mol. The molecule has 0 radical (unpaired) electrons. The van der Waals surface area contributed by atoms with Crippen LogP contribution in [0.5, 0.6) is 0 Å². The largest absolute Gasteiger partial charge is 0.351 e. The summed E-state index contributed by atoms with van der Waals surface area (Å²) in [7, 11) is 2.18. The van der Waals surface area contributed by atoms with Crippen LogP contribution in [0.25, 0.3) is 44.6 Å². The number of likely N-dealkylation sites (N-methyl/N-ethyl adjacent to an activating group) is 1. The van der Waals surface area contributed by atoms with Gasteiger partial charge in [-0.1, -0.05) is 12.1 Å². The summed E-state index contributed by atoms with van der Waals surface area (Å²) in [4.78, 5) is 68.5. The van der Waals surface area contributed by atoms with Crippen molar-refractivity contribution in [1.82, 2.24) is 59.5 Å². The van der Waals surface area contributed by atoms with E-state index in [1.165, 1.54) is 38.8 Å². The number of aromatic amines is 2. The van der Waals surface area contributed by atoms with Crippen LogP contribution in [0.15, 0.2) is 122 Å². The van der Waals surface area contributed by atoms with Crippen LogP contribution < -0.4 is 10.6 Å². The molecule has 16 heteroatoms. The Hall–Kier alpha value is -7.56. The van der Waals surface area contributed by atoms with Crippen LogP contribution in [0.2, 0.25) is 0 Å². The van der Waals surface area contributed by atoms with Gasteiger partial charge in [0, 0.05) is 102 Å². The third-order valence-electron chi connectivity index (χ3n) is 13.6. The zero-order valence-corrected chi connectivity index (χ0v) is 37.3. The summed E-state index contributed by atoms with van der Waals surface area (Å²) >= 11 is 0. The maximum atomic E-state index is 13.2. The minimum absolute atomic E-state index is 0.0807. The van der Waals surface area contributed by atoms with E-state index in [9.17, 15) is 9.59 Å². The minimum atomic E-state index is 0.0807. The summed E-state index contributed by atoms with van der Waals surface area (Å²) in [6, 6.07) is 32.4. The molecule has 8 aromatic rings. The maximum Gasteiger partial charge on any atom is 0.270 e. The molecule has 4 saturated heterocycles. The first kappa shape index (κ1) is 42.1. The number of carbonyl (C=O) groups is 2. The van der Waals surface area contributed by atoms with E-state index >= 15 is 0 Å². The van der Waals surface area contributed by atoms with Crippen LogP contribution in [-0.2, 0) is 0 Å². The predicted octanol–water partition coefficient (Wildman–Crippen LogP) is 7.76. The van der Waals surface area contributed by atoms with Gasteiger partial charge in [0.25, 0.3) is 11.8 Å². The van der Waals surface area contributed by atoms with Crippen molar-refractivity contribution in [3.63, 3.8) is 0 Å². The molecular formula is C51H52N14O2. The number of H-pyrrole nitrogens is 2. The second-order valence-corrected chi connectivity index (χ2v) is 17.9. The van der Waals surface area contributed by atoms with Gasteiger partial charge in [0.05, 0.1) is 22.8 Å². The summed E-state index contributed by atoms with van der Waals surface area (Å²) in [5, 5.41) is 8.49. The summed E-state index contributed by atoms with van der Waals surface area (Å²) < 4.78 is 0. The van der Waals surface area contributed by atoms with Crippen molar-refractivity contribution in [1.29, 1.82) is 0 Å². The van der Waals surface area contributed by atoms with Gasteiger partial charge in [0.1, 0.15) is 11.4 Å². The molecule has 67 heavy (non-hydrogen) atoms. The lowest BCUT2D eigenvalue weighted by molar-refractivity contribution is 0.0519. The quantitative estimate of drug-likeness (QED) is 0.111. The van der Waals surface area contributed by atoms with Gasteiger partial charge >= 0.3 is 0 Å². The highest BCUT2D eigenvalue weighted by atomic mass is 16.2. The SMILES string of the molecule is CN1[C@@H]2CC[C@H]1CN(C(=O)c1cc3cc(Nc4nccc(-c5ccccn5)n4)ccc3[nH]1)C2.O=C(c1cc2cc(Nc3nccc(-c4ccccn4)n3)ccc2[nH]1)N1CCC(N2CCCC2)C1. The zero-order chi connectivity index (χ0) is 45.3. The number of nitrogens with one attached hydrogen (secondary N) is 4. The second-order valence-electron chi connectivity index (χ2n) is 17.9. The fraction of sp³-hybridized carbons (Fsp3) is 0.294. The summed E-state index contributed by atoms with van der Waals surface area (Å²) in [6.07, 6.45) is 12.9. The first-order valence-corrected chi connectivity index (χ1v) is 23.2. The van der Waals surface area contributed by atoms with Crippen molar-refractivity contribution >= 4 is 56.9 Å². The molecule has 1 unspecified atom stereocenters. The van der Waals surface area contributed by atoms with Crippen molar-refractivity contribution in [3.05, 3.63) is 133 Å². The summed E-state index contributed by atoms with van der Waals surface area (Å²) in [6.45, 7) is 5.60. The Kier molecular flexibility index (Phi) is 11.5. The number of rotatable bonds is 9. The van der Waals surface area contributed by atoms with Crippen LogP contribution >= 0.6 is 0 Å². The van der Waals surface area contributed by atoms with Crippen LogP contribution in [0.4, 0.5) is 23.3 Å². The number of hydrogen-bond acceptors (Lipinski definition) is 12. The number of benzene rings is 2. The lowest BCUT2D eigenvalue weighted by Crippen LogP contribution is -2.53. The minimum Gasteiger partial charge on any atom is -0.351 e. The Morgan fingerprint density at radius 1 is 0.537 bits per heavy atom. The number of aromatic nitrogens is 8. The lowest BCUT2D eigenvalue weighted by atomic mass is 10.2.